The molecule has 0 unspecified atom stereocenters. The predicted molar refractivity (Wildman–Crippen MR) is 147 cm³/mol. The zero-order valence-electron chi connectivity index (χ0n) is 21.8. The first-order valence-corrected chi connectivity index (χ1v) is 12.7. The van der Waals surface area contributed by atoms with E-state index in [2.05, 4.69) is 83.5 Å². The molecule has 1 aliphatic rings. The third-order valence-electron chi connectivity index (χ3n) is 7.58. The highest BCUT2D eigenvalue weighted by molar-refractivity contribution is 5.57. The van der Waals surface area contributed by atoms with Crippen LogP contribution in [0.15, 0.2) is 85.5 Å². The molecule has 8 nitrogen and oxygen atoms in total. The number of hydrogen-bond acceptors (Lipinski definition) is 4. The number of nitrogens with zero attached hydrogens (tertiary/aromatic N) is 6. The lowest BCUT2D eigenvalue weighted by Gasteiger charge is -2.26. The van der Waals surface area contributed by atoms with Crippen molar-refractivity contribution in [1.29, 1.82) is 0 Å². The molecule has 0 amide bonds. The Morgan fingerprint density at radius 2 is 1.00 bits per heavy atom. The maximum atomic E-state index is 5.20. The second-order valence-corrected chi connectivity index (χ2v) is 10.9. The molecule has 2 N–H and O–H groups in total. The number of imidazole rings is 4. The van der Waals surface area contributed by atoms with Gasteiger partial charge in [-0.1, -0.05) is 36.4 Å². The van der Waals surface area contributed by atoms with Crippen LogP contribution in [-0.2, 0) is 10.8 Å². The van der Waals surface area contributed by atoms with Gasteiger partial charge < -0.3 is 19.1 Å². The average molecular weight is 501 g/mol. The maximum absolute atomic E-state index is 5.20. The maximum Gasteiger partial charge on any atom is 0.157 e. The Labute approximate surface area is 220 Å². The second kappa shape index (κ2) is 7.89. The van der Waals surface area contributed by atoms with Gasteiger partial charge in [-0.2, -0.15) is 0 Å². The van der Waals surface area contributed by atoms with Gasteiger partial charge in [0.15, 0.2) is 11.6 Å². The van der Waals surface area contributed by atoms with Crippen LogP contribution in [-0.4, -0.2) is 39.0 Å². The molecule has 1 aliphatic heterocycles. The van der Waals surface area contributed by atoms with E-state index < -0.39 is 5.41 Å². The fourth-order valence-corrected chi connectivity index (χ4v) is 5.22. The topological polar surface area (TPSA) is 93.0 Å². The lowest BCUT2D eigenvalue weighted by Crippen LogP contribution is -2.28. The van der Waals surface area contributed by atoms with Crippen molar-refractivity contribution in [2.75, 3.05) is 0 Å². The van der Waals surface area contributed by atoms with Crippen LogP contribution in [0.5, 0.6) is 0 Å². The van der Waals surface area contributed by atoms with Gasteiger partial charge >= 0.3 is 0 Å². The minimum absolute atomic E-state index is 0.379. The Bertz CT molecular complexity index is 1640. The molecule has 8 heteroatoms. The van der Waals surface area contributed by atoms with Crippen LogP contribution in [0.25, 0.3) is 34.4 Å². The van der Waals surface area contributed by atoms with Gasteiger partial charge in [0, 0.05) is 53.0 Å². The van der Waals surface area contributed by atoms with Crippen LogP contribution in [0.3, 0.4) is 0 Å². The van der Waals surface area contributed by atoms with Crippen molar-refractivity contribution in [3.05, 3.63) is 108 Å². The summed E-state index contributed by atoms with van der Waals surface area (Å²) >= 11 is 0. The molecule has 38 heavy (non-hydrogen) atoms. The van der Waals surface area contributed by atoms with Crippen molar-refractivity contribution in [2.24, 2.45) is 0 Å². The van der Waals surface area contributed by atoms with E-state index in [0.29, 0.717) is 0 Å². The van der Waals surface area contributed by atoms with Crippen LogP contribution in [0.4, 0.5) is 0 Å². The van der Waals surface area contributed by atoms with Crippen LogP contribution >= 0.6 is 0 Å². The predicted octanol–water partition coefficient (Wildman–Crippen LogP) is 5.80. The second-order valence-electron chi connectivity index (χ2n) is 10.9. The summed E-state index contributed by atoms with van der Waals surface area (Å²) in [6.45, 7) is 8.64. The molecule has 0 fully saturated rings. The number of fused-ring (bicyclic) bond motifs is 10. The van der Waals surface area contributed by atoms with Crippen molar-refractivity contribution < 1.29 is 0 Å². The fourth-order valence-electron chi connectivity index (χ4n) is 5.22. The van der Waals surface area contributed by atoms with Crippen LogP contribution in [0.1, 0.15) is 50.7 Å². The first-order valence-electron chi connectivity index (χ1n) is 12.7. The lowest BCUT2D eigenvalue weighted by molar-refractivity contribution is 0.533. The molecule has 0 spiro atoms. The summed E-state index contributed by atoms with van der Waals surface area (Å²) in [6, 6.07) is 20.6. The Kier molecular flexibility index (Phi) is 4.67. The molecule has 0 radical (unpaired) electrons. The molecule has 7 rings (SSSR count). The van der Waals surface area contributed by atoms with Gasteiger partial charge in [0.25, 0.3) is 0 Å². The highest BCUT2D eigenvalue weighted by Gasteiger charge is 2.37. The van der Waals surface area contributed by atoms with E-state index in [4.69, 9.17) is 19.9 Å². The molecule has 6 aromatic rings. The van der Waals surface area contributed by atoms with Crippen molar-refractivity contribution in [3.8, 4) is 34.4 Å². The molecule has 2 aromatic carbocycles. The molecule has 188 valence electrons. The van der Waals surface area contributed by atoms with E-state index in [9.17, 15) is 0 Å². The van der Waals surface area contributed by atoms with E-state index in [1.54, 1.807) is 0 Å². The average Bonchev–Trinajstić information content (AvgIpc) is 3.73. The van der Waals surface area contributed by atoms with Crippen LogP contribution < -0.4 is 0 Å². The first-order chi connectivity index (χ1) is 18.3. The van der Waals surface area contributed by atoms with Crippen molar-refractivity contribution in [2.45, 2.75) is 38.5 Å². The molecule has 0 atom stereocenters. The van der Waals surface area contributed by atoms with Crippen LogP contribution in [0, 0.1) is 0 Å². The lowest BCUT2D eigenvalue weighted by atomic mass is 9.86. The van der Waals surface area contributed by atoms with E-state index in [0.717, 1.165) is 57.4 Å². The molecule has 0 aliphatic carbocycles. The Hall–Kier alpha value is -4.72. The minimum Gasteiger partial charge on any atom is -0.340 e. The summed E-state index contributed by atoms with van der Waals surface area (Å²) in [5.41, 5.74) is 4.60. The van der Waals surface area contributed by atoms with E-state index in [1.807, 2.05) is 48.8 Å². The minimum atomic E-state index is -0.587. The number of para-hydroxylation sites is 2. The fraction of sp³-hybridized carbons (Fsp3) is 0.200. The zero-order chi connectivity index (χ0) is 26.1. The highest BCUT2D eigenvalue weighted by Crippen LogP contribution is 2.38. The van der Waals surface area contributed by atoms with Crippen molar-refractivity contribution >= 4 is 0 Å². The molecular weight excluding hydrogens is 472 g/mol. The monoisotopic (exact) mass is 500 g/mol. The summed E-state index contributed by atoms with van der Waals surface area (Å²) in [5.74, 6) is 3.18. The molecule has 8 bridgehead atoms. The van der Waals surface area contributed by atoms with Gasteiger partial charge in [0.1, 0.15) is 23.0 Å². The third kappa shape index (κ3) is 3.30. The Balaban J connectivity index is 1.56. The van der Waals surface area contributed by atoms with Gasteiger partial charge in [-0.05, 0) is 52.0 Å². The standard InChI is InChI=1S/C30H28N8/c1-29(2)23-15-31-25(35-23)21-17-37(19-11-7-5-8-12-19)27(33-21)30(3,4)28-34-22(26-32-16-24(29)36-26)18-38(28)20-13-9-6-10-14-20/h5-18H,1-4H3,(H,31,35)(H,32,36). The van der Waals surface area contributed by atoms with Gasteiger partial charge in [-0.3, -0.25) is 0 Å². The number of benzene rings is 2. The molecular formula is C30H28N8. The molecule has 0 saturated heterocycles. The Morgan fingerprint density at radius 3 is 1.42 bits per heavy atom. The van der Waals surface area contributed by atoms with Crippen molar-refractivity contribution in [1.82, 2.24) is 39.0 Å². The first kappa shape index (κ1) is 22.5. The quantitative estimate of drug-likeness (QED) is 0.314. The number of aromatic amines is 2. The highest BCUT2D eigenvalue weighted by atomic mass is 15.2. The number of hydrogen-bond donors (Lipinski definition) is 2. The third-order valence-corrected chi connectivity index (χ3v) is 7.58. The number of nitrogens with one attached hydrogen (secondary N) is 2. The SMILES string of the molecule is CC1(C)c2cnc([nH]2)-c2cn(-c3ccccc3)c(n2)C(C)(C)c2nc(cn2-c2ccccc2)-c2ncc1[nH]2. The number of rotatable bonds is 2. The smallest absolute Gasteiger partial charge is 0.157 e. The Morgan fingerprint density at radius 1 is 0.579 bits per heavy atom. The number of aromatic nitrogens is 8. The summed E-state index contributed by atoms with van der Waals surface area (Å²) in [7, 11) is 0. The van der Waals surface area contributed by atoms with E-state index in [-0.39, 0.29) is 5.41 Å². The van der Waals surface area contributed by atoms with Crippen LogP contribution in [0.2, 0.25) is 0 Å². The van der Waals surface area contributed by atoms with E-state index >= 15 is 0 Å². The van der Waals surface area contributed by atoms with Crippen molar-refractivity contribution in [3.63, 3.8) is 0 Å². The normalized spacial score (nSPS) is 15.3. The summed E-state index contributed by atoms with van der Waals surface area (Å²) in [4.78, 5) is 27.0. The van der Waals surface area contributed by atoms with Gasteiger partial charge in [-0.15, -0.1) is 0 Å². The summed E-state index contributed by atoms with van der Waals surface area (Å²) < 4.78 is 4.30. The van der Waals surface area contributed by atoms with Gasteiger partial charge in [-0.25, -0.2) is 19.9 Å². The molecule has 5 heterocycles. The molecule has 4 aromatic heterocycles. The number of H-pyrrole nitrogens is 2. The largest absolute Gasteiger partial charge is 0.340 e. The molecule has 0 saturated carbocycles. The summed E-state index contributed by atoms with van der Waals surface area (Å²) in [5, 5.41) is 0. The van der Waals surface area contributed by atoms with Gasteiger partial charge in [0.2, 0.25) is 0 Å². The van der Waals surface area contributed by atoms with Gasteiger partial charge in [0.05, 0.1) is 5.41 Å². The summed E-state index contributed by atoms with van der Waals surface area (Å²) in [6.07, 6.45) is 7.91. The van der Waals surface area contributed by atoms with E-state index in [1.165, 1.54) is 0 Å². The zero-order valence-corrected chi connectivity index (χ0v) is 21.8.